The molecule has 2 aromatic heterocycles. The molecule has 0 spiro atoms. The fourth-order valence-corrected chi connectivity index (χ4v) is 2.39. The van der Waals surface area contributed by atoms with Gasteiger partial charge in [0, 0.05) is 56.3 Å². The molecule has 0 amide bonds. The van der Waals surface area contributed by atoms with Gasteiger partial charge in [0.2, 0.25) is 0 Å². The molecule has 0 radical (unpaired) electrons. The number of rotatable bonds is 7. The summed E-state index contributed by atoms with van der Waals surface area (Å²) < 4.78 is 0. The van der Waals surface area contributed by atoms with Crippen molar-refractivity contribution in [1.82, 2.24) is 15.3 Å². The Labute approximate surface area is 126 Å². The van der Waals surface area contributed by atoms with Gasteiger partial charge in [-0.1, -0.05) is 12.1 Å². The second kappa shape index (κ2) is 6.68. The first-order valence-corrected chi connectivity index (χ1v) is 7.61. The first kappa shape index (κ1) is 14.0. The van der Waals surface area contributed by atoms with Gasteiger partial charge >= 0.3 is 0 Å². The van der Waals surface area contributed by atoms with Crippen LogP contribution in [0.5, 0.6) is 0 Å². The molecule has 1 saturated carbocycles. The molecular formula is C17H22N4. The lowest BCUT2D eigenvalue weighted by molar-refractivity contribution is 0.682. The molecular weight excluding hydrogens is 260 g/mol. The Balaban J connectivity index is 1.61. The van der Waals surface area contributed by atoms with Crippen LogP contribution in [0.25, 0.3) is 0 Å². The van der Waals surface area contributed by atoms with Crippen molar-refractivity contribution in [3.63, 3.8) is 0 Å². The Morgan fingerprint density at radius 1 is 1.14 bits per heavy atom. The SMILES string of the molecule is CN(CCc1ccccn1)c1ncccc1CNC1CC1. The van der Waals surface area contributed by atoms with Crippen LogP contribution in [0.2, 0.25) is 0 Å². The van der Waals surface area contributed by atoms with E-state index in [-0.39, 0.29) is 0 Å². The number of anilines is 1. The van der Waals surface area contributed by atoms with E-state index in [9.17, 15) is 0 Å². The maximum absolute atomic E-state index is 4.55. The lowest BCUT2D eigenvalue weighted by Crippen LogP contribution is -2.25. The molecule has 0 aliphatic heterocycles. The molecule has 1 aliphatic rings. The summed E-state index contributed by atoms with van der Waals surface area (Å²) in [4.78, 5) is 11.2. The number of hydrogen-bond donors (Lipinski definition) is 1. The largest absolute Gasteiger partial charge is 0.359 e. The van der Waals surface area contributed by atoms with E-state index in [4.69, 9.17) is 0 Å². The highest BCUT2D eigenvalue weighted by atomic mass is 15.2. The Hall–Kier alpha value is -1.94. The first-order chi connectivity index (χ1) is 10.3. The van der Waals surface area contributed by atoms with Gasteiger partial charge in [0.15, 0.2) is 0 Å². The van der Waals surface area contributed by atoms with Gasteiger partial charge in [-0.25, -0.2) is 4.98 Å². The zero-order valence-corrected chi connectivity index (χ0v) is 12.5. The topological polar surface area (TPSA) is 41.1 Å². The molecule has 0 unspecified atom stereocenters. The van der Waals surface area contributed by atoms with Crippen molar-refractivity contribution in [1.29, 1.82) is 0 Å². The summed E-state index contributed by atoms with van der Waals surface area (Å²) in [6.45, 7) is 1.83. The van der Waals surface area contributed by atoms with E-state index >= 15 is 0 Å². The van der Waals surface area contributed by atoms with Crippen LogP contribution in [0, 0.1) is 0 Å². The van der Waals surface area contributed by atoms with Crippen molar-refractivity contribution >= 4 is 5.82 Å². The molecule has 4 heteroatoms. The molecule has 4 nitrogen and oxygen atoms in total. The third-order valence-electron chi connectivity index (χ3n) is 3.82. The minimum Gasteiger partial charge on any atom is -0.359 e. The van der Waals surface area contributed by atoms with Crippen molar-refractivity contribution in [2.75, 3.05) is 18.5 Å². The van der Waals surface area contributed by atoms with E-state index in [1.54, 1.807) is 0 Å². The quantitative estimate of drug-likeness (QED) is 0.846. The lowest BCUT2D eigenvalue weighted by Gasteiger charge is -2.21. The van der Waals surface area contributed by atoms with Crippen LogP contribution < -0.4 is 10.2 Å². The van der Waals surface area contributed by atoms with Crippen molar-refractivity contribution in [2.45, 2.75) is 31.8 Å². The van der Waals surface area contributed by atoms with Crippen molar-refractivity contribution in [3.05, 3.63) is 54.0 Å². The number of likely N-dealkylation sites (N-methyl/N-ethyl adjacent to an activating group) is 1. The lowest BCUT2D eigenvalue weighted by atomic mass is 10.2. The first-order valence-electron chi connectivity index (χ1n) is 7.61. The average molecular weight is 282 g/mol. The Morgan fingerprint density at radius 2 is 2.00 bits per heavy atom. The van der Waals surface area contributed by atoms with Gasteiger partial charge in [-0.05, 0) is 31.0 Å². The van der Waals surface area contributed by atoms with Crippen LogP contribution in [0.3, 0.4) is 0 Å². The third kappa shape index (κ3) is 4.02. The number of nitrogens with zero attached hydrogens (tertiary/aromatic N) is 3. The number of aromatic nitrogens is 2. The fourth-order valence-electron chi connectivity index (χ4n) is 2.39. The standard InChI is InChI=1S/C17H22N4/c1-21(12-9-15-6-2-3-10-18-15)17-14(5-4-11-19-17)13-20-16-7-8-16/h2-6,10-11,16,20H,7-9,12-13H2,1H3. The van der Waals surface area contributed by atoms with E-state index in [0.717, 1.165) is 37.1 Å². The maximum Gasteiger partial charge on any atom is 0.132 e. The van der Waals surface area contributed by atoms with Crippen LogP contribution >= 0.6 is 0 Å². The van der Waals surface area contributed by atoms with E-state index in [1.165, 1.54) is 18.4 Å². The highest BCUT2D eigenvalue weighted by Crippen LogP contribution is 2.21. The van der Waals surface area contributed by atoms with Crippen molar-refractivity contribution in [3.8, 4) is 0 Å². The summed E-state index contributed by atoms with van der Waals surface area (Å²) in [5, 5.41) is 3.56. The zero-order chi connectivity index (χ0) is 14.5. The van der Waals surface area contributed by atoms with E-state index in [0.29, 0.717) is 0 Å². The second-order valence-corrected chi connectivity index (χ2v) is 5.63. The molecule has 0 aromatic carbocycles. The highest BCUT2D eigenvalue weighted by Gasteiger charge is 2.20. The van der Waals surface area contributed by atoms with Crippen molar-refractivity contribution in [2.24, 2.45) is 0 Å². The van der Waals surface area contributed by atoms with Crippen LogP contribution in [0.15, 0.2) is 42.7 Å². The minimum atomic E-state index is 0.719. The van der Waals surface area contributed by atoms with Crippen LogP contribution in [0.1, 0.15) is 24.1 Å². The predicted molar refractivity (Wildman–Crippen MR) is 85.3 cm³/mol. The summed E-state index contributed by atoms with van der Waals surface area (Å²) in [6, 6.07) is 11.0. The molecule has 0 atom stereocenters. The normalized spacial score (nSPS) is 14.1. The minimum absolute atomic E-state index is 0.719. The van der Waals surface area contributed by atoms with Crippen LogP contribution in [-0.4, -0.2) is 29.6 Å². The second-order valence-electron chi connectivity index (χ2n) is 5.63. The third-order valence-corrected chi connectivity index (χ3v) is 3.82. The molecule has 0 saturated heterocycles. The van der Waals surface area contributed by atoms with Gasteiger partial charge in [-0.2, -0.15) is 0 Å². The molecule has 1 N–H and O–H groups in total. The van der Waals surface area contributed by atoms with Gasteiger partial charge in [-0.15, -0.1) is 0 Å². The van der Waals surface area contributed by atoms with Crippen molar-refractivity contribution < 1.29 is 0 Å². The van der Waals surface area contributed by atoms with Gasteiger partial charge in [0.05, 0.1) is 0 Å². The molecule has 21 heavy (non-hydrogen) atoms. The molecule has 3 rings (SSSR count). The van der Waals surface area contributed by atoms with E-state index in [2.05, 4.69) is 39.4 Å². The molecule has 1 fully saturated rings. The van der Waals surface area contributed by atoms with Gasteiger partial charge in [0.1, 0.15) is 5.82 Å². The number of nitrogens with one attached hydrogen (secondary N) is 1. The number of pyridine rings is 2. The smallest absolute Gasteiger partial charge is 0.132 e. The predicted octanol–water partition coefficient (Wildman–Crippen LogP) is 2.41. The summed E-state index contributed by atoms with van der Waals surface area (Å²) in [5.74, 6) is 1.07. The number of hydrogen-bond acceptors (Lipinski definition) is 4. The summed E-state index contributed by atoms with van der Waals surface area (Å²) in [6.07, 6.45) is 7.27. The van der Waals surface area contributed by atoms with Gasteiger partial charge in [-0.3, -0.25) is 4.98 Å². The fraction of sp³-hybridized carbons (Fsp3) is 0.412. The molecule has 2 aromatic rings. The van der Waals surface area contributed by atoms with Gasteiger partial charge < -0.3 is 10.2 Å². The van der Waals surface area contributed by atoms with Crippen LogP contribution in [0.4, 0.5) is 5.82 Å². The maximum atomic E-state index is 4.55. The molecule has 0 bridgehead atoms. The van der Waals surface area contributed by atoms with E-state index < -0.39 is 0 Å². The molecule has 1 aliphatic carbocycles. The van der Waals surface area contributed by atoms with Crippen LogP contribution in [-0.2, 0) is 13.0 Å². The Morgan fingerprint density at radius 3 is 2.76 bits per heavy atom. The monoisotopic (exact) mass is 282 g/mol. The summed E-state index contributed by atoms with van der Waals surface area (Å²) >= 11 is 0. The summed E-state index contributed by atoms with van der Waals surface area (Å²) in [7, 11) is 2.10. The highest BCUT2D eigenvalue weighted by molar-refractivity contribution is 5.46. The Kier molecular flexibility index (Phi) is 4.46. The zero-order valence-electron chi connectivity index (χ0n) is 12.5. The molecule has 2 heterocycles. The Bertz CT molecular complexity index is 566. The molecule has 110 valence electrons. The average Bonchev–Trinajstić information content (AvgIpc) is 3.36. The summed E-state index contributed by atoms with van der Waals surface area (Å²) in [5.41, 5.74) is 2.39. The van der Waals surface area contributed by atoms with Gasteiger partial charge in [0.25, 0.3) is 0 Å². The van der Waals surface area contributed by atoms with E-state index in [1.807, 2.05) is 30.6 Å².